The van der Waals surface area contributed by atoms with Gasteiger partial charge in [-0.2, -0.15) is 0 Å². The molecule has 0 nitrogen and oxygen atoms in total. The number of allylic oxidation sites excluding steroid dienone is 8. The molecule has 5 aliphatic rings. The summed E-state index contributed by atoms with van der Waals surface area (Å²) in [4.78, 5) is 0. The quantitative estimate of drug-likeness (QED) is 0.255. The Bertz CT molecular complexity index is 1910. The van der Waals surface area contributed by atoms with E-state index in [0.717, 1.165) is 0 Å². The fourth-order valence-corrected chi connectivity index (χ4v) is 19.2. The van der Waals surface area contributed by atoms with Crippen molar-refractivity contribution in [2.75, 3.05) is 0 Å². The molecule has 1 unspecified atom stereocenters. The molecule has 0 amide bonds. The van der Waals surface area contributed by atoms with Gasteiger partial charge in [0.25, 0.3) is 0 Å². The van der Waals surface area contributed by atoms with Crippen LogP contribution in [0.3, 0.4) is 0 Å². The summed E-state index contributed by atoms with van der Waals surface area (Å²) >= 11 is -2.66. The molecule has 0 aliphatic heterocycles. The van der Waals surface area contributed by atoms with E-state index >= 15 is 0 Å². The second-order valence-electron chi connectivity index (χ2n) is 17.0. The van der Waals surface area contributed by atoms with Crippen LogP contribution in [0.1, 0.15) is 137 Å². The summed E-state index contributed by atoms with van der Waals surface area (Å²) in [6.07, 6.45) is 17.3. The van der Waals surface area contributed by atoms with Gasteiger partial charge in [-0.15, -0.1) is 0 Å². The van der Waals surface area contributed by atoms with Crippen LogP contribution < -0.4 is 0 Å². The normalized spacial score (nSPS) is 23.6. The Morgan fingerprint density at radius 1 is 0.702 bits per heavy atom. The molecule has 1 atom stereocenters. The van der Waals surface area contributed by atoms with Crippen molar-refractivity contribution in [3.63, 3.8) is 0 Å². The third-order valence-electron chi connectivity index (χ3n) is 12.8. The van der Waals surface area contributed by atoms with E-state index in [-0.39, 0.29) is 10.8 Å². The molecule has 8 rings (SSSR count). The number of hydrogen-bond donors (Lipinski definition) is 0. The molecule has 3 aromatic carbocycles. The molecule has 0 N–H and O–H groups in total. The van der Waals surface area contributed by atoms with Crippen molar-refractivity contribution in [2.24, 2.45) is 11.3 Å². The zero-order valence-corrected chi connectivity index (χ0v) is 32.7. The van der Waals surface area contributed by atoms with Gasteiger partial charge in [-0.25, -0.2) is 0 Å². The first kappa shape index (κ1) is 31.6. The molecule has 5 aliphatic carbocycles. The van der Waals surface area contributed by atoms with Gasteiger partial charge < -0.3 is 0 Å². The number of rotatable bonds is 4. The van der Waals surface area contributed by atoms with Crippen LogP contribution in [0, 0.1) is 11.3 Å². The minimum absolute atomic E-state index is 0.0583. The maximum absolute atomic E-state index is 2.78. The van der Waals surface area contributed by atoms with Crippen molar-refractivity contribution in [1.29, 1.82) is 0 Å². The molecule has 1 heteroatoms. The Hall–Kier alpha value is -2.63. The number of fused-ring (bicyclic) bond motifs is 5. The van der Waals surface area contributed by atoms with Gasteiger partial charge in [0.2, 0.25) is 0 Å². The monoisotopic (exact) mass is 694 g/mol. The van der Waals surface area contributed by atoms with Crippen LogP contribution in [0.15, 0.2) is 87.8 Å². The van der Waals surface area contributed by atoms with Crippen LogP contribution in [-0.4, -0.2) is 3.21 Å². The zero-order valence-electron chi connectivity index (χ0n) is 30.2. The fraction of sp³-hybridized carbons (Fsp3) is 0.413. The van der Waals surface area contributed by atoms with Gasteiger partial charge in [-0.05, 0) is 0 Å². The van der Waals surface area contributed by atoms with Gasteiger partial charge in [0.15, 0.2) is 0 Å². The Labute approximate surface area is 291 Å². The van der Waals surface area contributed by atoms with Gasteiger partial charge in [0.1, 0.15) is 0 Å². The van der Waals surface area contributed by atoms with E-state index < -0.39 is 21.3 Å². The molecule has 0 heterocycles. The molecule has 240 valence electrons. The summed E-state index contributed by atoms with van der Waals surface area (Å²) in [5.41, 5.74) is 18.7. The van der Waals surface area contributed by atoms with E-state index in [2.05, 4.69) is 141 Å². The molecule has 1 fully saturated rings. The molecule has 0 saturated heterocycles. The molecule has 0 radical (unpaired) electrons. The predicted octanol–water partition coefficient (Wildman–Crippen LogP) is 12.4. The van der Waals surface area contributed by atoms with E-state index in [1.54, 1.807) is 19.9 Å². The first-order valence-corrected chi connectivity index (χ1v) is 22.1. The molecule has 1 saturated carbocycles. The summed E-state index contributed by atoms with van der Waals surface area (Å²) in [7, 11) is 0. The zero-order chi connectivity index (χ0) is 33.0. The molecule has 0 aromatic heterocycles. The van der Waals surface area contributed by atoms with Crippen molar-refractivity contribution in [3.8, 4) is 11.1 Å². The SMILES string of the molecule is CC1=CC(C)(C)c2cc3c(cc21)-c1cc2c(cc1[CH]3[Zr]([C]1=CC(C3(C)CCCCC3)=CC1C)=[C](C)c1ccccc1)C(C)(C)C=C2C. The van der Waals surface area contributed by atoms with Crippen molar-refractivity contribution in [2.45, 2.75) is 109 Å². The standard InChI is InChI=1S/C25H25.C13H19.C8H8.Zr/c1-14-12-24(3,4)22-8-16-7-17-9-23-19(15(2)13-25(23,5)6)11-21(17)20(16)10-18(14)22;1-11-6-7-12(10-11)13(2)8-4-3-5-9-13;1-2-8-6-4-3-5-7-8;/h7-13H,1-6H3;7,10-11H,3-5,8-9H2,1-2H3;3-7H,1H3;. The van der Waals surface area contributed by atoms with Crippen LogP contribution in [0.4, 0.5) is 0 Å². The molecular weight excluding hydrogens is 644 g/mol. The summed E-state index contributed by atoms with van der Waals surface area (Å²) < 4.78 is 3.97. The van der Waals surface area contributed by atoms with Crippen molar-refractivity contribution in [3.05, 3.63) is 127 Å². The van der Waals surface area contributed by atoms with Gasteiger partial charge in [-0.3, -0.25) is 0 Å². The summed E-state index contributed by atoms with van der Waals surface area (Å²) in [5.74, 6) is 0.508. The summed E-state index contributed by atoms with van der Waals surface area (Å²) in [6.45, 7) is 21.9. The second-order valence-corrected chi connectivity index (χ2v) is 23.8. The molecular formula is C46H52Zr. The van der Waals surface area contributed by atoms with Crippen LogP contribution in [0.2, 0.25) is 0 Å². The second kappa shape index (κ2) is 10.9. The van der Waals surface area contributed by atoms with E-state index in [1.165, 1.54) is 82.2 Å². The Morgan fingerprint density at radius 3 is 1.77 bits per heavy atom. The van der Waals surface area contributed by atoms with E-state index in [4.69, 9.17) is 0 Å². The molecule has 3 aromatic rings. The molecule has 0 spiro atoms. The first-order chi connectivity index (χ1) is 22.3. The Kier molecular flexibility index (Phi) is 7.36. The predicted molar refractivity (Wildman–Crippen MR) is 200 cm³/mol. The van der Waals surface area contributed by atoms with E-state index in [1.807, 2.05) is 3.28 Å². The Balaban J connectivity index is 1.41. The van der Waals surface area contributed by atoms with E-state index in [0.29, 0.717) is 15.0 Å². The van der Waals surface area contributed by atoms with Gasteiger partial charge in [0.05, 0.1) is 0 Å². The molecule has 47 heavy (non-hydrogen) atoms. The third-order valence-corrected chi connectivity index (χ3v) is 21.4. The van der Waals surface area contributed by atoms with Gasteiger partial charge in [-0.1, -0.05) is 0 Å². The number of hydrogen-bond acceptors (Lipinski definition) is 0. The fourth-order valence-electron chi connectivity index (χ4n) is 10.2. The average Bonchev–Trinajstić information content (AvgIpc) is 3.71. The van der Waals surface area contributed by atoms with Gasteiger partial charge in [0, 0.05) is 0 Å². The summed E-state index contributed by atoms with van der Waals surface area (Å²) in [5, 5.41) is 0. The van der Waals surface area contributed by atoms with Crippen molar-refractivity contribution < 1.29 is 21.3 Å². The van der Waals surface area contributed by atoms with E-state index in [9.17, 15) is 0 Å². The maximum atomic E-state index is 2.78. The number of benzene rings is 3. The third kappa shape index (κ3) is 4.88. The first-order valence-electron chi connectivity index (χ1n) is 18.3. The summed E-state index contributed by atoms with van der Waals surface area (Å²) in [6, 6.07) is 22.1. The van der Waals surface area contributed by atoms with Crippen LogP contribution in [0.25, 0.3) is 22.3 Å². The minimum atomic E-state index is -2.66. The van der Waals surface area contributed by atoms with Crippen molar-refractivity contribution >= 4 is 14.4 Å². The van der Waals surface area contributed by atoms with Crippen molar-refractivity contribution in [1.82, 2.24) is 0 Å². The molecule has 0 bridgehead atoms. The van der Waals surface area contributed by atoms with Gasteiger partial charge >= 0.3 is 294 Å². The van der Waals surface area contributed by atoms with Crippen LogP contribution in [0.5, 0.6) is 0 Å². The average molecular weight is 696 g/mol. The Morgan fingerprint density at radius 2 is 1.23 bits per heavy atom. The van der Waals surface area contributed by atoms with Crippen LogP contribution >= 0.6 is 0 Å². The topological polar surface area (TPSA) is 0 Å². The van der Waals surface area contributed by atoms with Crippen LogP contribution in [-0.2, 0) is 32.1 Å².